The third kappa shape index (κ3) is 2.95. The highest BCUT2D eigenvalue weighted by atomic mass is 15.1. The number of hydrogen-bond donors (Lipinski definition) is 1. The van der Waals surface area contributed by atoms with Crippen LogP contribution in [0.15, 0.2) is 18.3 Å². The standard InChI is InChI=1S/C13H21N3/c1-16(2)13-8-7-11(10-15-13)9-14-12-5-3-4-6-12/h7-8,10,12,14H,3-6,9H2,1-2H3. The van der Waals surface area contributed by atoms with Gasteiger partial charge in [-0.25, -0.2) is 4.98 Å². The summed E-state index contributed by atoms with van der Waals surface area (Å²) in [5.74, 6) is 1.02. The lowest BCUT2D eigenvalue weighted by Crippen LogP contribution is -2.25. The molecule has 1 fully saturated rings. The Hall–Kier alpha value is -1.09. The molecule has 3 nitrogen and oxygen atoms in total. The summed E-state index contributed by atoms with van der Waals surface area (Å²) in [5.41, 5.74) is 1.28. The molecule has 1 aromatic heterocycles. The molecule has 2 rings (SSSR count). The van der Waals surface area contributed by atoms with E-state index in [1.54, 1.807) is 0 Å². The average Bonchev–Trinajstić information content (AvgIpc) is 2.80. The molecule has 0 aliphatic heterocycles. The summed E-state index contributed by atoms with van der Waals surface area (Å²) in [6.07, 6.45) is 7.41. The fourth-order valence-corrected chi connectivity index (χ4v) is 2.18. The van der Waals surface area contributed by atoms with Crippen molar-refractivity contribution in [3.63, 3.8) is 0 Å². The zero-order valence-corrected chi connectivity index (χ0v) is 10.2. The lowest BCUT2D eigenvalue weighted by molar-refractivity contribution is 0.523. The maximum atomic E-state index is 4.41. The maximum Gasteiger partial charge on any atom is 0.127 e. The van der Waals surface area contributed by atoms with E-state index in [9.17, 15) is 0 Å². The van der Waals surface area contributed by atoms with Crippen molar-refractivity contribution in [3.8, 4) is 0 Å². The second-order valence-electron chi connectivity index (χ2n) is 4.78. The molecule has 1 saturated carbocycles. The quantitative estimate of drug-likeness (QED) is 0.841. The summed E-state index contributed by atoms with van der Waals surface area (Å²) in [6.45, 7) is 0.950. The number of nitrogens with one attached hydrogen (secondary N) is 1. The molecule has 0 aromatic carbocycles. The van der Waals surface area contributed by atoms with Crippen LogP contribution in [0.4, 0.5) is 5.82 Å². The van der Waals surface area contributed by atoms with Gasteiger partial charge in [-0.1, -0.05) is 18.9 Å². The van der Waals surface area contributed by atoms with E-state index >= 15 is 0 Å². The van der Waals surface area contributed by atoms with E-state index in [0.717, 1.165) is 18.4 Å². The van der Waals surface area contributed by atoms with Crippen LogP contribution < -0.4 is 10.2 Å². The van der Waals surface area contributed by atoms with Crippen molar-refractivity contribution in [3.05, 3.63) is 23.9 Å². The highest BCUT2D eigenvalue weighted by Gasteiger charge is 2.13. The number of nitrogens with zero attached hydrogens (tertiary/aromatic N) is 2. The van der Waals surface area contributed by atoms with Gasteiger partial charge in [0.05, 0.1) is 0 Å². The van der Waals surface area contributed by atoms with Gasteiger partial charge in [-0.2, -0.15) is 0 Å². The van der Waals surface area contributed by atoms with E-state index in [-0.39, 0.29) is 0 Å². The Balaban J connectivity index is 1.84. The number of aromatic nitrogens is 1. The van der Waals surface area contributed by atoms with Gasteiger partial charge in [-0.3, -0.25) is 0 Å². The van der Waals surface area contributed by atoms with Crippen LogP contribution in [-0.4, -0.2) is 25.1 Å². The van der Waals surface area contributed by atoms with Crippen molar-refractivity contribution in [1.82, 2.24) is 10.3 Å². The summed E-state index contributed by atoms with van der Waals surface area (Å²) in [5, 5.41) is 3.59. The number of anilines is 1. The van der Waals surface area contributed by atoms with Crippen molar-refractivity contribution in [2.45, 2.75) is 38.3 Å². The van der Waals surface area contributed by atoms with Gasteiger partial charge in [-0.05, 0) is 24.5 Å². The van der Waals surface area contributed by atoms with Gasteiger partial charge in [0.2, 0.25) is 0 Å². The smallest absolute Gasteiger partial charge is 0.127 e. The fraction of sp³-hybridized carbons (Fsp3) is 0.615. The second-order valence-corrected chi connectivity index (χ2v) is 4.78. The van der Waals surface area contributed by atoms with E-state index in [2.05, 4.69) is 22.4 Å². The first-order valence-electron chi connectivity index (χ1n) is 6.11. The molecule has 1 aromatic rings. The van der Waals surface area contributed by atoms with Gasteiger partial charge in [0.25, 0.3) is 0 Å². The third-order valence-electron chi connectivity index (χ3n) is 3.22. The van der Waals surface area contributed by atoms with E-state index in [1.807, 2.05) is 25.2 Å². The van der Waals surface area contributed by atoms with Crippen LogP contribution in [0.2, 0.25) is 0 Å². The molecule has 1 heterocycles. The molecular formula is C13H21N3. The molecule has 0 amide bonds. The number of hydrogen-bond acceptors (Lipinski definition) is 3. The minimum absolute atomic E-state index is 0.730. The van der Waals surface area contributed by atoms with Gasteiger partial charge >= 0.3 is 0 Å². The van der Waals surface area contributed by atoms with Gasteiger partial charge in [-0.15, -0.1) is 0 Å². The minimum atomic E-state index is 0.730. The van der Waals surface area contributed by atoms with Gasteiger partial charge in [0.1, 0.15) is 5.82 Å². The molecule has 0 spiro atoms. The van der Waals surface area contributed by atoms with E-state index in [1.165, 1.54) is 31.2 Å². The first kappa shape index (κ1) is 11.4. The molecule has 1 aliphatic carbocycles. The normalized spacial score (nSPS) is 16.6. The average molecular weight is 219 g/mol. The molecule has 0 atom stereocenters. The van der Waals surface area contributed by atoms with Crippen molar-refractivity contribution >= 4 is 5.82 Å². The molecule has 3 heteroatoms. The topological polar surface area (TPSA) is 28.2 Å². The number of pyridine rings is 1. The van der Waals surface area contributed by atoms with Crippen molar-refractivity contribution in [2.75, 3.05) is 19.0 Å². The zero-order valence-electron chi connectivity index (χ0n) is 10.2. The summed E-state index contributed by atoms with van der Waals surface area (Å²) < 4.78 is 0. The van der Waals surface area contributed by atoms with E-state index in [0.29, 0.717) is 0 Å². The van der Waals surface area contributed by atoms with Crippen LogP contribution in [0.25, 0.3) is 0 Å². The van der Waals surface area contributed by atoms with Crippen molar-refractivity contribution in [2.24, 2.45) is 0 Å². The zero-order chi connectivity index (χ0) is 11.4. The summed E-state index contributed by atoms with van der Waals surface area (Å²) in [4.78, 5) is 6.43. The van der Waals surface area contributed by atoms with Gasteiger partial charge < -0.3 is 10.2 Å². The lowest BCUT2D eigenvalue weighted by atomic mass is 10.2. The second kappa shape index (κ2) is 5.30. The van der Waals surface area contributed by atoms with Crippen LogP contribution in [0.1, 0.15) is 31.2 Å². The molecular weight excluding hydrogens is 198 g/mol. The van der Waals surface area contributed by atoms with Gasteiger partial charge in [0, 0.05) is 32.9 Å². The molecule has 1 N–H and O–H groups in total. The fourth-order valence-electron chi connectivity index (χ4n) is 2.18. The van der Waals surface area contributed by atoms with Crippen molar-refractivity contribution in [1.29, 1.82) is 0 Å². The first-order chi connectivity index (χ1) is 7.75. The number of rotatable bonds is 4. The predicted octanol–water partition coefficient (Wildman–Crippen LogP) is 2.18. The minimum Gasteiger partial charge on any atom is -0.363 e. The summed E-state index contributed by atoms with van der Waals surface area (Å²) >= 11 is 0. The molecule has 88 valence electrons. The van der Waals surface area contributed by atoms with E-state index in [4.69, 9.17) is 0 Å². The third-order valence-corrected chi connectivity index (χ3v) is 3.22. The molecule has 0 bridgehead atoms. The lowest BCUT2D eigenvalue weighted by Gasteiger charge is -2.13. The van der Waals surface area contributed by atoms with Gasteiger partial charge in [0.15, 0.2) is 0 Å². The van der Waals surface area contributed by atoms with Crippen molar-refractivity contribution < 1.29 is 0 Å². The SMILES string of the molecule is CN(C)c1ccc(CNC2CCCC2)cn1. The monoisotopic (exact) mass is 219 g/mol. The largest absolute Gasteiger partial charge is 0.363 e. The maximum absolute atomic E-state index is 4.41. The predicted molar refractivity (Wildman–Crippen MR) is 67.7 cm³/mol. The van der Waals surface area contributed by atoms with Crippen LogP contribution in [0.3, 0.4) is 0 Å². The molecule has 0 saturated heterocycles. The van der Waals surface area contributed by atoms with Crippen LogP contribution in [-0.2, 0) is 6.54 Å². The van der Waals surface area contributed by atoms with Crippen LogP contribution in [0.5, 0.6) is 0 Å². The molecule has 16 heavy (non-hydrogen) atoms. The molecule has 0 unspecified atom stereocenters. The summed E-state index contributed by atoms with van der Waals surface area (Å²) in [7, 11) is 4.03. The first-order valence-corrected chi connectivity index (χ1v) is 6.11. The Labute approximate surface area is 97.9 Å². The van der Waals surface area contributed by atoms with Crippen LogP contribution >= 0.6 is 0 Å². The Morgan fingerprint density at radius 3 is 2.62 bits per heavy atom. The van der Waals surface area contributed by atoms with Crippen LogP contribution in [0, 0.1) is 0 Å². The van der Waals surface area contributed by atoms with E-state index < -0.39 is 0 Å². The Morgan fingerprint density at radius 2 is 2.06 bits per heavy atom. The Morgan fingerprint density at radius 1 is 1.31 bits per heavy atom. The highest BCUT2D eigenvalue weighted by molar-refractivity contribution is 5.37. The molecule has 1 aliphatic rings. The summed E-state index contributed by atoms with van der Waals surface area (Å²) in [6, 6.07) is 4.96. The highest BCUT2D eigenvalue weighted by Crippen LogP contribution is 2.18. The Bertz CT molecular complexity index is 312. The molecule has 0 radical (unpaired) electrons. The Kier molecular flexibility index (Phi) is 3.78.